The van der Waals surface area contributed by atoms with E-state index in [0.29, 0.717) is 18.0 Å². The molecule has 1 saturated carbocycles. The van der Waals surface area contributed by atoms with Crippen LogP contribution in [-0.2, 0) is 0 Å². The number of nitrogens with zero attached hydrogens (tertiary/aromatic N) is 2. The van der Waals surface area contributed by atoms with E-state index in [-0.39, 0.29) is 0 Å². The molecule has 0 saturated heterocycles. The van der Waals surface area contributed by atoms with Gasteiger partial charge in [0.2, 0.25) is 0 Å². The lowest BCUT2D eigenvalue weighted by Crippen LogP contribution is -2.41. The molecule has 1 aliphatic carbocycles. The Balaban J connectivity index is 2.32. The summed E-state index contributed by atoms with van der Waals surface area (Å²) in [5, 5.41) is 8.74. The zero-order valence-corrected chi connectivity index (χ0v) is 9.71. The van der Waals surface area contributed by atoms with E-state index >= 15 is 0 Å². The van der Waals surface area contributed by atoms with Gasteiger partial charge in [-0.2, -0.15) is 5.26 Å². The van der Waals surface area contributed by atoms with Crippen LogP contribution in [0.1, 0.15) is 46.5 Å². The monoisotopic (exact) mass is 194 g/mol. The molecule has 80 valence electrons. The molecular weight excluding hydrogens is 172 g/mol. The van der Waals surface area contributed by atoms with Gasteiger partial charge in [-0.15, -0.1) is 0 Å². The first kappa shape index (κ1) is 11.5. The highest BCUT2D eigenvalue weighted by Gasteiger charge is 2.25. The maximum absolute atomic E-state index is 8.74. The Kier molecular flexibility index (Phi) is 3.95. The molecule has 0 aromatic carbocycles. The highest BCUT2D eigenvalue weighted by molar-refractivity contribution is 4.86. The van der Waals surface area contributed by atoms with Gasteiger partial charge >= 0.3 is 0 Å². The molecule has 14 heavy (non-hydrogen) atoms. The van der Waals surface area contributed by atoms with Crippen LogP contribution in [0.2, 0.25) is 0 Å². The minimum Gasteiger partial charge on any atom is -0.288 e. The second-order valence-corrected chi connectivity index (χ2v) is 5.52. The van der Waals surface area contributed by atoms with Crippen molar-refractivity contribution in [3.8, 4) is 6.07 Å². The van der Waals surface area contributed by atoms with Gasteiger partial charge in [-0.3, -0.25) is 4.90 Å². The minimum atomic E-state index is 0.386. The predicted octanol–water partition coefficient (Wildman–Crippen LogP) is 2.80. The first-order valence-electron chi connectivity index (χ1n) is 5.64. The third-order valence-corrected chi connectivity index (χ3v) is 3.01. The normalized spacial score (nSPS) is 17.9. The summed E-state index contributed by atoms with van der Waals surface area (Å²) >= 11 is 0. The van der Waals surface area contributed by atoms with Crippen LogP contribution in [0.15, 0.2) is 0 Å². The molecule has 1 rings (SSSR count). The van der Waals surface area contributed by atoms with Gasteiger partial charge in [-0.05, 0) is 31.2 Å². The van der Waals surface area contributed by atoms with Crippen molar-refractivity contribution in [2.45, 2.75) is 52.5 Å². The highest BCUT2D eigenvalue weighted by Crippen LogP contribution is 2.26. The quantitative estimate of drug-likeness (QED) is 0.643. The Labute approximate surface area is 87.9 Å². The van der Waals surface area contributed by atoms with Crippen LogP contribution in [-0.4, -0.2) is 24.0 Å². The summed E-state index contributed by atoms with van der Waals surface area (Å²) in [6.07, 6.45) is 5.13. The summed E-state index contributed by atoms with van der Waals surface area (Å²) in [5.74, 6) is 0. The van der Waals surface area contributed by atoms with E-state index in [4.69, 9.17) is 5.26 Å². The molecule has 0 unspecified atom stereocenters. The Hall–Kier alpha value is -0.550. The van der Waals surface area contributed by atoms with Crippen molar-refractivity contribution in [1.29, 1.82) is 5.26 Å². The molecular formula is C12H22N2. The van der Waals surface area contributed by atoms with Crippen molar-refractivity contribution < 1.29 is 0 Å². The SMILES string of the molecule is CC(C)(C)CCN(CC#N)C1CCC1. The zero-order chi connectivity index (χ0) is 10.6. The van der Waals surface area contributed by atoms with Crippen LogP contribution in [0, 0.1) is 16.7 Å². The molecule has 2 heteroatoms. The van der Waals surface area contributed by atoms with E-state index < -0.39 is 0 Å². The smallest absolute Gasteiger partial charge is 0.0868 e. The number of hydrogen-bond donors (Lipinski definition) is 0. The topological polar surface area (TPSA) is 27.0 Å². The maximum atomic E-state index is 8.74. The molecule has 0 aromatic heterocycles. The van der Waals surface area contributed by atoms with Gasteiger partial charge < -0.3 is 0 Å². The van der Waals surface area contributed by atoms with Crippen LogP contribution in [0.5, 0.6) is 0 Å². The lowest BCUT2D eigenvalue weighted by atomic mass is 9.88. The molecule has 0 bridgehead atoms. The third-order valence-electron chi connectivity index (χ3n) is 3.01. The van der Waals surface area contributed by atoms with Crippen molar-refractivity contribution in [3.63, 3.8) is 0 Å². The average molecular weight is 194 g/mol. The van der Waals surface area contributed by atoms with Crippen molar-refractivity contribution in [2.24, 2.45) is 5.41 Å². The maximum Gasteiger partial charge on any atom is 0.0868 e. The minimum absolute atomic E-state index is 0.386. The first-order chi connectivity index (χ1) is 6.53. The fraction of sp³-hybridized carbons (Fsp3) is 0.917. The molecule has 0 atom stereocenters. The van der Waals surface area contributed by atoms with Crippen LogP contribution in [0.3, 0.4) is 0 Å². The zero-order valence-electron chi connectivity index (χ0n) is 9.71. The van der Waals surface area contributed by atoms with Crippen LogP contribution in [0.25, 0.3) is 0 Å². The summed E-state index contributed by atoms with van der Waals surface area (Å²) in [5.41, 5.74) is 0.386. The second kappa shape index (κ2) is 4.79. The standard InChI is InChI=1S/C12H22N2/c1-12(2,3)7-9-14(10-8-13)11-5-4-6-11/h11H,4-7,9-10H2,1-3H3. The van der Waals surface area contributed by atoms with Crippen molar-refractivity contribution in [3.05, 3.63) is 0 Å². The van der Waals surface area contributed by atoms with E-state index in [1.807, 2.05) is 0 Å². The third kappa shape index (κ3) is 3.67. The average Bonchev–Trinajstić information content (AvgIpc) is 1.95. The van der Waals surface area contributed by atoms with Crippen molar-refractivity contribution in [1.82, 2.24) is 4.90 Å². The summed E-state index contributed by atoms with van der Waals surface area (Å²) in [7, 11) is 0. The Bertz CT molecular complexity index is 205. The molecule has 0 spiro atoms. The van der Waals surface area contributed by atoms with Gasteiger partial charge in [0.25, 0.3) is 0 Å². The number of nitriles is 1. The van der Waals surface area contributed by atoms with Gasteiger partial charge in [0.15, 0.2) is 0 Å². The molecule has 0 heterocycles. The van der Waals surface area contributed by atoms with Gasteiger partial charge in [0.05, 0.1) is 12.6 Å². The summed E-state index contributed by atoms with van der Waals surface area (Å²) < 4.78 is 0. The van der Waals surface area contributed by atoms with Crippen LogP contribution < -0.4 is 0 Å². The first-order valence-corrected chi connectivity index (χ1v) is 5.64. The Morgan fingerprint density at radius 1 is 1.36 bits per heavy atom. The second-order valence-electron chi connectivity index (χ2n) is 5.52. The van der Waals surface area contributed by atoms with E-state index in [1.165, 1.54) is 25.7 Å². The van der Waals surface area contributed by atoms with E-state index in [1.54, 1.807) is 0 Å². The highest BCUT2D eigenvalue weighted by atomic mass is 15.2. The lowest BCUT2D eigenvalue weighted by molar-refractivity contribution is 0.127. The largest absolute Gasteiger partial charge is 0.288 e. The Morgan fingerprint density at radius 2 is 2.00 bits per heavy atom. The number of rotatable bonds is 4. The predicted molar refractivity (Wildman–Crippen MR) is 58.9 cm³/mol. The van der Waals surface area contributed by atoms with Crippen LogP contribution >= 0.6 is 0 Å². The fourth-order valence-corrected chi connectivity index (χ4v) is 1.71. The van der Waals surface area contributed by atoms with E-state index in [9.17, 15) is 0 Å². The van der Waals surface area contributed by atoms with Gasteiger partial charge in [0, 0.05) is 6.04 Å². The molecule has 0 N–H and O–H groups in total. The fourth-order valence-electron chi connectivity index (χ4n) is 1.71. The summed E-state index contributed by atoms with van der Waals surface area (Å²) in [6, 6.07) is 2.98. The molecule has 0 aromatic rings. The Morgan fingerprint density at radius 3 is 2.36 bits per heavy atom. The van der Waals surface area contributed by atoms with Gasteiger partial charge in [-0.1, -0.05) is 27.2 Å². The van der Waals surface area contributed by atoms with E-state index in [0.717, 1.165) is 6.54 Å². The van der Waals surface area contributed by atoms with Crippen molar-refractivity contribution >= 4 is 0 Å². The molecule has 2 nitrogen and oxygen atoms in total. The molecule has 0 amide bonds. The summed E-state index contributed by atoms with van der Waals surface area (Å²) in [6.45, 7) is 8.48. The lowest BCUT2D eigenvalue weighted by Gasteiger charge is -2.37. The van der Waals surface area contributed by atoms with Crippen molar-refractivity contribution in [2.75, 3.05) is 13.1 Å². The van der Waals surface area contributed by atoms with E-state index in [2.05, 4.69) is 31.7 Å². The molecule has 1 aliphatic rings. The summed E-state index contributed by atoms with van der Waals surface area (Å²) in [4.78, 5) is 2.36. The molecule has 1 fully saturated rings. The molecule has 0 aliphatic heterocycles. The molecule has 0 radical (unpaired) electrons. The number of hydrogen-bond acceptors (Lipinski definition) is 2. The van der Waals surface area contributed by atoms with Gasteiger partial charge in [0.1, 0.15) is 0 Å². The van der Waals surface area contributed by atoms with Crippen LogP contribution in [0.4, 0.5) is 0 Å². The van der Waals surface area contributed by atoms with Gasteiger partial charge in [-0.25, -0.2) is 0 Å².